The van der Waals surface area contributed by atoms with E-state index in [0.717, 1.165) is 0 Å². The van der Waals surface area contributed by atoms with Gasteiger partial charge in [0.05, 0.1) is 0 Å². The first kappa shape index (κ1) is 17.3. The van der Waals surface area contributed by atoms with Crippen molar-refractivity contribution in [1.82, 2.24) is 0 Å². The van der Waals surface area contributed by atoms with Crippen LogP contribution in [0.25, 0.3) is 0 Å². The minimum absolute atomic E-state index is 0.336. The van der Waals surface area contributed by atoms with Gasteiger partial charge in [0.1, 0.15) is 0 Å². The number of allylic oxidation sites excluding steroid dienone is 1. The van der Waals surface area contributed by atoms with Crippen molar-refractivity contribution in [3.05, 3.63) is 11.6 Å². The Morgan fingerprint density at radius 3 is 1.89 bits per heavy atom. The topological polar surface area (TPSA) is 65.0 Å². The average Bonchev–Trinajstić information content (AvgIpc) is 2.29. The van der Waals surface area contributed by atoms with Gasteiger partial charge in [-0.1, -0.05) is 6.08 Å². The minimum Gasteiger partial charge on any atom is -0.478 e. The van der Waals surface area contributed by atoms with Crippen molar-refractivity contribution in [3.63, 3.8) is 0 Å². The fourth-order valence-electron chi connectivity index (χ4n) is 1.55. The molecular weight excluding hydrogens is 252 g/mol. The van der Waals surface area contributed by atoms with Gasteiger partial charge in [0.2, 0.25) is 0 Å². The third kappa shape index (κ3) is 6.30. The van der Waals surface area contributed by atoms with Gasteiger partial charge in [0, 0.05) is 31.4 Å². The molecule has 0 bridgehead atoms. The molecule has 6 heteroatoms. The summed E-state index contributed by atoms with van der Waals surface area (Å²) >= 11 is 0. The van der Waals surface area contributed by atoms with Crippen molar-refractivity contribution in [2.45, 2.75) is 40.2 Å². The lowest BCUT2D eigenvalue weighted by atomic mass is 10.2. The second-order valence-electron chi connectivity index (χ2n) is 3.71. The zero-order valence-corrected chi connectivity index (χ0v) is 12.7. The molecule has 0 aliphatic rings. The number of aliphatic carboxylic acids is 1. The van der Waals surface area contributed by atoms with E-state index in [1.165, 1.54) is 0 Å². The fourth-order valence-corrected chi connectivity index (χ4v) is 4.05. The Morgan fingerprint density at radius 1 is 1.11 bits per heavy atom. The summed E-state index contributed by atoms with van der Waals surface area (Å²) in [5, 5.41) is 8.77. The zero-order chi connectivity index (χ0) is 14.0. The highest BCUT2D eigenvalue weighted by molar-refractivity contribution is 6.60. The summed E-state index contributed by atoms with van der Waals surface area (Å²) in [6.45, 7) is 8.89. The van der Waals surface area contributed by atoms with Crippen LogP contribution in [0, 0.1) is 0 Å². The SMILES string of the molecule is CCO[Si](CC/C=C(\C)C(=O)O)(OCC)OCC. The van der Waals surface area contributed by atoms with Crippen molar-refractivity contribution in [2.75, 3.05) is 19.8 Å². The first-order valence-corrected chi connectivity index (χ1v) is 8.26. The van der Waals surface area contributed by atoms with Gasteiger partial charge >= 0.3 is 14.8 Å². The first-order valence-electron chi connectivity index (χ1n) is 6.33. The van der Waals surface area contributed by atoms with Crippen molar-refractivity contribution < 1.29 is 23.2 Å². The molecule has 0 radical (unpaired) electrons. The zero-order valence-electron chi connectivity index (χ0n) is 11.7. The summed E-state index contributed by atoms with van der Waals surface area (Å²) in [6.07, 6.45) is 2.27. The van der Waals surface area contributed by atoms with E-state index in [4.69, 9.17) is 18.4 Å². The number of carbonyl (C=O) groups is 1. The monoisotopic (exact) mass is 276 g/mol. The number of carboxylic acid groups (broad SMARTS) is 1. The molecule has 0 rings (SSSR count). The Bertz CT molecular complexity index is 261. The van der Waals surface area contributed by atoms with Gasteiger partial charge in [0.15, 0.2) is 0 Å². The van der Waals surface area contributed by atoms with Crippen molar-refractivity contribution in [2.24, 2.45) is 0 Å². The summed E-state index contributed by atoms with van der Waals surface area (Å²) in [5.74, 6) is -0.897. The molecule has 0 aromatic heterocycles. The number of hydrogen-bond donors (Lipinski definition) is 1. The lowest BCUT2D eigenvalue weighted by Crippen LogP contribution is -2.45. The second kappa shape index (κ2) is 9.27. The van der Waals surface area contributed by atoms with E-state index >= 15 is 0 Å². The molecule has 1 N–H and O–H groups in total. The van der Waals surface area contributed by atoms with Gasteiger partial charge in [-0.25, -0.2) is 4.79 Å². The molecule has 18 heavy (non-hydrogen) atoms. The smallest absolute Gasteiger partial charge is 0.478 e. The molecule has 0 saturated carbocycles. The van der Waals surface area contributed by atoms with Crippen LogP contribution in [0.4, 0.5) is 0 Å². The summed E-state index contributed by atoms with van der Waals surface area (Å²) in [7, 11) is -2.63. The van der Waals surface area contributed by atoms with Crippen LogP contribution in [0.2, 0.25) is 6.04 Å². The predicted octanol–water partition coefficient (Wildman–Crippen LogP) is 2.46. The van der Waals surface area contributed by atoms with Crippen molar-refractivity contribution >= 4 is 14.8 Å². The highest BCUT2D eigenvalue weighted by Gasteiger charge is 2.39. The summed E-state index contributed by atoms with van der Waals surface area (Å²) in [4.78, 5) is 10.7. The fraction of sp³-hybridized carbons (Fsp3) is 0.750. The van der Waals surface area contributed by atoms with E-state index in [-0.39, 0.29) is 0 Å². The Labute approximate surface area is 110 Å². The van der Waals surface area contributed by atoms with E-state index in [9.17, 15) is 4.79 Å². The Hall–Kier alpha value is -0.693. The molecule has 0 spiro atoms. The number of rotatable bonds is 10. The van der Waals surface area contributed by atoms with Crippen LogP contribution >= 0.6 is 0 Å². The van der Waals surface area contributed by atoms with Crippen LogP contribution in [0.3, 0.4) is 0 Å². The molecule has 5 nitrogen and oxygen atoms in total. The van der Waals surface area contributed by atoms with Gasteiger partial charge in [-0.05, 0) is 34.1 Å². The lowest BCUT2D eigenvalue weighted by Gasteiger charge is -2.28. The molecule has 0 fully saturated rings. The van der Waals surface area contributed by atoms with Gasteiger partial charge < -0.3 is 18.4 Å². The van der Waals surface area contributed by atoms with Crippen LogP contribution in [0.15, 0.2) is 11.6 Å². The van der Waals surface area contributed by atoms with Gasteiger partial charge in [-0.3, -0.25) is 0 Å². The number of hydrogen-bond acceptors (Lipinski definition) is 4. The highest BCUT2D eigenvalue weighted by Crippen LogP contribution is 2.19. The maximum Gasteiger partial charge on any atom is 0.501 e. The molecule has 106 valence electrons. The summed E-state index contributed by atoms with van der Waals surface area (Å²) < 4.78 is 17.0. The molecule has 0 aromatic rings. The first-order chi connectivity index (χ1) is 8.51. The van der Waals surface area contributed by atoms with Crippen LogP contribution in [-0.2, 0) is 18.1 Å². The van der Waals surface area contributed by atoms with Gasteiger partial charge in [-0.15, -0.1) is 0 Å². The average molecular weight is 276 g/mol. The van der Waals surface area contributed by atoms with Crippen LogP contribution in [0.5, 0.6) is 0 Å². The lowest BCUT2D eigenvalue weighted by molar-refractivity contribution is -0.132. The Kier molecular flexibility index (Phi) is 8.91. The van der Waals surface area contributed by atoms with Gasteiger partial charge in [-0.2, -0.15) is 0 Å². The summed E-state index contributed by atoms with van der Waals surface area (Å²) in [5.41, 5.74) is 0.336. The molecule has 0 aliphatic heterocycles. The maximum absolute atomic E-state index is 10.7. The largest absolute Gasteiger partial charge is 0.501 e. The third-order valence-electron chi connectivity index (χ3n) is 2.33. The van der Waals surface area contributed by atoms with Crippen LogP contribution < -0.4 is 0 Å². The molecule has 0 unspecified atom stereocenters. The highest BCUT2D eigenvalue weighted by atomic mass is 28.4. The normalized spacial score (nSPS) is 12.8. The maximum atomic E-state index is 10.7. The van der Waals surface area contributed by atoms with Crippen LogP contribution in [-0.4, -0.2) is 39.7 Å². The molecule has 0 heterocycles. The minimum atomic E-state index is -2.63. The predicted molar refractivity (Wildman–Crippen MR) is 71.4 cm³/mol. The van der Waals surface area contributed by atoms with E-state index < -0.39 is 14.8 Å². The molecule has 0 amide bonds. The Balaban J connectivity index is 4.56. The van der Waals surface area contributed by atoms with E-state index in [0.29, 0.717) is 37.9 Å². The van der Waals surface area contributed by atoms with Gasteiger partial charge in [0.25, 0.3) is 0 Å². The number of carboxylic acids is 1. The summed E-state index contributed by atoms with van der Waals surface area (Å²) in [6, 6.07) is 0.604. The molecule has 0 aromatic carbocycles. The molecule has 0 atom stereocenters. The third-order valence-corrected chi connectivity index (χ3v) is 5.42. The standard InChI is InChI=1S/C12H24O5Si/c1-5-15-18(16-6-2,17-7-3)10-8-9-11(4)12(13)14/h9H,5-8,10H2,1-4H3,(H,13,14)/b11-9+. The van der Waals surface area contributed by atoms with Crippen molar-refractivity contribution in [3.8, 4) is 0 Å². The van der Waals surface area contributed by atoms with E-state index in [1.807, 2.05) is 20.8 Å². The Morgan fingerprint density at radius 2 is 1.56 bits per heavy atom. The molecule has 0 aliphatic carbocycles. The van der Waals surface area contributed by atoms with Crippen LogP contribution in [0.1, 0.15) is 34.1 Å². The quantitative estimate of drug-likeness (QED) is 0.490. The second-order valence-corrected chi connectivity index (χ2v) is 6.45. The van der Waals surface area contributed by atoms with E-state index in [2.05, 4.69) is 0 Å². The molecule has 0 saturated heterocycles. The molecular formula is C12H24O5Si. The van der Waals surface area contributed by atoms with Crippen molar-refractivity contribution in [1.29, 1.82) is 0 Å². The van der Waals surface area contributed by atoms with E-state index in [1.54, 1.807) is 13.0 Å².